The van der Waals surface area contributed by atoms with Gasteiger partial charge in [0.1, 0.15) is 35.9 Å². The van der Waals surface area contributed by atoms with E-state index in [0.29, 0.717) is 31.2 Å². The van der Waals surface area contributed by atoms with Gasteiger partial charge in [0, 0.05) is 24.6 Å². The molecular weight excluding hydrogens is 444 g/mol. The number of hydrogen-bond donors (Lipinski definition) is 0. The Morgan fingerprint density at radius 2 is 1.88 bits per heavy atom. The Labute approximate surface area is 199 Å². The maximum Gasteiger partial charge on any atom is 0.411 e. The van der Waals surface area contributed by atoms with Gasteiger partial charge in [0.25, 0.3) is 0 Å². The molecule has 2 aliphatic rings. The molecule has 0 radical (unpaired) electrons. The molecule has 186 valence electrons. The summed E-state index contributed by atoms with van der Waals surface area (Å²) < 4.78 is 27.0. The van der Waals surface area contributed by atoms with Crippen molar-refractivity contribution in [3.05, 3.63) is 35.9 Å². The molecule has 1 aromatic carbocycles. The van der Waals surface area contributed by atoms with Gasteiger partial charge in [-0.25, -0.2) is 14.4 Å². The first kappa shape index (κ1) is 25.2. The van der Waals surface area contributed by atoms with E-state index in [4.69, 9.17) is 23.7 Å². The van der Waals surface area contributed by atoms with Gasteiger partial charge in [-0.1, -0.05) is 12.7 Å². The number of hydrogen-bond acceptors (Lipinski definition) is 8. The van der Waals surface area contributed by atoms with E-state index in [1.54, 1.807) is 40.0 Å². The molecule has 2 amide bonds. The minimum absolute atomic E-state index is 0.0305. The lowest BCUT2D eigenvalue weighted by molar-refractivity contribution is -0.145. The maximum absolute atomic E-state index is 13.0. The van der Waals surface area contributed by atoms with Gasteiger partial charge in [-0.15, -0.1) is 0 Å². The molecule has 1 fully saturated rings. The summed E-state index contributed by atoms with van der Waals surface area (Å²) in [5.41, 5.74) is 1.03. The highest BCUT2D eigenvalue weighted by Gasteiger charge is 2.44. The third kappa shape index (κ3) is 5.73. The Hall–Kier alpha value is -3.43. The topological polar surface area (TPSA) is 104 Å². The molecule has 1 saturated heterocycles. The van der Waals surface area contributed by atoms with Crippen molar-refractivity contribution in [1.82, 2.24) is 9.80 Å². The summed E-state index contributed by atoms with van der Waals surface area (Å²) in [6, 6.07) is 2.74. The van der Waals surface area contributed by atoms with Crippen molar-refractivity contribution in [1.29, 1.82) is 0 Å². The Kier molecular flexibility index (Phi) is 7.58. The van der Waals surface area contributed by atoms with Crippen LogP contribution >= 0.6 is 0 Å². The molecule has 2 atom stereocenters. The van der Waals surface area contributed by atoms with Crippen molar-refractivity contribution < 1.29 is 38.1 Å². The largest absolute Gasteiger partial charge is 0.497 e. The zero-order chi connectivity index (χ0) is 25.0. The Morgan fingerprint density at radius 1 is 1.15 bits per heavy atom. The van der Waals surface area contributed by atoms with Crippen LogP contribution < -0.4 is 9.47 Å². The molecule has 0 spiro atoms. The van der Waals surface area contributed by atoms with Gasteiger partial charge >= 0.3 is 18.2 Å². The number of rotatable bonds is 6. The van der Waals surface area contributed by atoms with Crippen LogP contribution in [0.25, 0.3) is 0 Å². The zero-order valence-electron chi connectivity index (χ0n) is 20.3. The van der Waals surface area contributed by atoms with Gasteiger partial charge < -0.3 is 23.7 Å². The van der Waals surface area contributed by atoms with E-state index in [0.717, 1.165) is 11.1 Å². The smallest absolute Gasteiger partial charge is 0.411 e. The van der Waals surface area contributed by atoms with Crippen LogP contribution in [0.2, 0.25) is 0 Å². The molecule has 0 bridgehead atoms. The normalized spacial score (nSPS) is 19.3. The summed E-state index contributed by atoms with van der Waals surface area (Å²) in [5, 5.41) is 0. The van der Waals surface area contributed by atoms with Gasteiger partial charge in [0.15, 0.2) is 0 Å². The molecule has 0 aromatic heterocycles. The second kappa shape index (κ2) is 10.2. The van der Waals surface area contributed by atoms with E-state index in [1.807, 2.05) is 6.07 Å². The monoisotopic (exact) mass is 476 g/mol. The highest BCUT2D eigenvalue weighted by molar-refractivity contribution is 5.82. The zero-order valence-corrected chi connectivity index (χ0v) is 20.3. The molecule has 0 unspecified atom stereocenters. The second-order valence-electron chi connectivity index (χ2n) is 9.13. The van der Waals surface area contributed by atoms with Crippen LogP contribution in [0.5, 0.6) is 11.5 Å². The SMILES string of the molecule is C=CCOc1cc(OC)cc2c1CN(C(=O)O[C@@H]1C[C@@H](C(=O)OC)N(C(=O)OC(C)(C)C)C1)C2. The third-order valence-electron chi connectivity index (χ3n) is 5.47. The number of carbonyl (C=O) groups is 3. The molecule has 34 heavy (non-hydrogen) atoms. The van der Waals surface area contributed by atoms with Crippen LogP contribution in [0, 0.1) is 0 Å². The van der Waals surface area contributed by atoms with Crippen LogP contribution in [-0.4, -0.2) is 73.1 Å². The second-order valence-corrected chi connectivity index (χ2v) is 9.13. The fraction of sp³-hybridized carbons (Fsp3) is 0.542. The molecule has 2 heterocycles. The standard InChI is InChI=1S/C24H32N2O8/c1-7-8-32-20-11-16(30-5)9-15-12-25(14-18(15)20)22(28)33-17-10-19(21(27)31-6)26(13-17)23(29)34-24(2,3)4/h7,9,11,17,19H,1,8,10,12-14H2,2-6H3/t17-,19+/m1/s1. The van der Waals surface area contributed by atoms with E-state index in [9.17, 15) is 14.4 Å². The fourth-order valence-corrected chi connectivity index (χ4v) is 3.95. The highest BCUT2D eigenvalue weighted by atomic mass is 16.6. The number of ether oxygens (including phenoxy) is 5. The lowest BCUT2D eigenvalue weighted by Gasteiger charge is -2.27. The molecule has 10 nitrogen and oxygen atoms in total. The number of amides is 2. The van der Waals surface area contributed by atoms with Crippen LogP contribution in [0.15, 0.2) is 24.8 Å². The number of methoxy groups -OCH3 is 2. The number of nitrogens with zero attached hydrogens (tertiary/aromatic N) is 2. The summed E-state index contributed by atoms with van der Waals surface area (Å²) in [6.07, 6.45) is -0.129. The summed E-state index contributed by atoms with van der Waals surface area (Å²) in [4.78, 5) is 40.6. The van der Waals surface area contributed by atoms with Crippen molar-refractivity contribution in [2.45, 2.75) is 58.0 Å². The van der Waals surface area contributed by atoms with Gasteiger partial charge in [-0.05, 0) is 32.4 Å². The first-order valence-corrected chi connectivity index (χ1v) is 11.0. The van der Waals surface area contributed by atoms with Crippen molar-refractivity contribution in [3.63, 3.8) is 0 Å². The number of carbonyl (C=O) groups excluding carboxylic acids is 3. The van der Waals surface area contributed by atoms with Gasteiger partial charge in [-0.3, -0.25) is 9.80 Å². The van der Waals surface area contributed by atoms with Crippen molar-refractivity contribution in [3.8, 4) is 11.5 Å². The quantitative estimate of drug-likeness (QED) is 0.350. The van der Waals surface area contributed by atoms with Gasteiger partial charge in [0.05, 0.1) is 27.3 Å². The van der Waals surface area contributed by atoms with E-state index in [1.165, 1.54) is 16.9 Å². The summed E-state index contributed by atoms with van der Waals surface area (Å²) in [7, 11) is 2.81. The summed E-state index contributed by atoms with van der Waals surface area (Å²) >= 11 is 0. The Morgan fingerprint density at radius 3 is 2.50 bits per heavy atom. The van der Waals surface area contributed by atoms with E-state index in [2.05, 4.69) is 6.58 Å². The molecule has 10 heteroatoms. The predicted octanol–water partition coefficient (Wildman–Crippen LogP) is 3.26. The van der Waals surface area contributed by atoms with Gasteiger partial charge in [0.2, 0.25) is 0 Å². The number of likely N-dealkylation sites (tertiary alicyclic amines) is 1. The van der Waals surface area contributed by atoms with E-state index < -0.39 is 35.9 Å². The maximum atomic E-state index is 13.0. The van der Waals surface area contributed by atoms with Crippen LogP contribution in [0.1, 0.15) is 38.3 Å². The molecular formula is C24H32N2O8. The number of fused-ring (bicyclic) bond motifs is 1. The van der Waals surface area contributed by atoms with Crippen LogP contribution in [0.4, 0.5) is 9.59 Å². The minimum Gasteiger partial charge on any atom is -0.497 e. The molecule has 3 rings (SSSR count). The first-order valence-electron chi connectivity index (χ1n) is 11.0. The molecule has 2 aliphatic heterocycles. The summed E-state index contributed by atoms with van der Waals surface area (Å²) in [5.74, 6) is 0.652. The summed E-state index contributed by atoms with van der Waals surface area (Å²) in [6.45, 7) is 9.84. The fourth-order valence-electron chi connectivity index (χ4n) is 3.95. The average Bonchev–Trinajstić information content (AvgIpc) is 3.40. The van der Waals surface area contributed by atoms with Crippen molar-refractivity contribution >= 4 is 18.2 Å². The molecule has 0 N–H and O–H groups in total. The highest BCUT2D eigenvalue weighted by Crippen LogP contribution is 2.36. The predicted molar refractivity (Wildman–Crippen MR) is 122 cm³/mol. The van der Waals surface area contributed by atoms with Crippen LogP contribution in [0.3, 0.4) is 0 Å². The number of esters is 1. The minimum atomic E-state index is -0.892. The lowest BCUT2D eigenvalue weighted by atomic mass is 10.1. The third-order valence-corrected chi connectivity index (χ3v) is 5.47. The first-order chi connectivity index (χ1) is 16.1. The molecule has 0 aliphatic carbocycles. The molecule has 1 aromatic rings. The Balaban J connectivity index is 1.69. The van der Waals surface area contributed by atoms with E-state index >= 15 is 0 Å². The average molecular weight is 477 g/mol. The van der Waals surface area contributed by atoms with Crippen molar-refractivity contribution in [2.75, 3.05) is 27.4 Å². The number of benzene rings is 1. The van der Waals surface area contributed by atoms with Crippen LogP contribution in [-0.2, 0) is 32.1 Å². The van der Waals surface area contributed by atoms with Crippen molar-refractivity contribution in [2.24, 2.45) is 0 Å². The Bertz CT molecular complexity index is 955. The molecule has 0 saturated carbocycles. The van der Waals surface area contributed by atoms with E-state index in [-0.39, 0.29) is 13.0 Å². The lowest BCUT2D eigenvalue weighted by Crippen LogP contribution is -2.44. The van der Waals surface area contributed by atoms with Gasteiger partial charge in [-0.2, -0.15) is 0 Å².